The van der Waals surface area contributed by atoms with Crippen molar-refractivity contribution in [2.24, 2.45) is 0 Å². The van der Waals surface area contributed by atoms with Crippen molar-refractivity contribution in [1.29, 1.82) is 0 Å². The number of carboxylic acid groups (broad SMARTS) is 1. The molecule has 0 aliphatic heterocycles. The highest BCUT2D eigenvalue weighted by Gasteiger charge is 2.23. The van der Waals surface area contributed by atoms with Crippen LogP contribution < -0.4 is 9.47 Å². The summed E-state index contributed by atoms with van der Waals surface area (Å²) >= 11 is 0. The molecule has 0 aliphatic carbocycles. The van der Waals surface area contributed by atoms with Crippen molar-refractivity contribution in [3.8, 4) is 11.5 Å². The number of rotatable bonds is 8. The van der Waals surface area contributed by atoms with E-state index >= 15 is 0 Å². The fraction of sp³-hybridized carbons (Fsp3) is 0.273. The monoisotopic (exact) mass is 397 g/mol. The van der Waals surface area contributed by atoms with Gasteiger partial charge in [0, 0.05) is 18.0 Å². The molecule has 0 saturated heterocycles. The average molecular weight is 397 g/mol. The number of nitrogens with zero attached hydrogens (tertiary/aromatic N) is 1. The normalized spacial score (nSPS) is 11.8. The minimum atomic E-state index is -1.09. The summed E-state index contributed by atoms with van der Waals surface area (Å²) in [6.45, 7) is 3.55. The fourth-order valence-corrected chi connectivity index (χ4v) is 2.95. The molecule has 3 rings (SSSR count). The van der Waals surface area contributed by atoms with Gasteiger partial charge in [-0.25, -0.2) is 4.79 Å². The zero-order valence-electron chi connectivity index (χ0n) is 16.5. The lowest BCUT2D eigenvalue weighted by Gasteiger charge is -2.24. The molecule has 0 saturated carbocycles. The van der Waals surface area contributed by atoms with E-state index in [0.717, 1.165) is 11.0 Å². The van der Waals surface area contributed by atoms with Crippen molar-refractivity contribution in [3.63, 3.8) is 0 Å². The first-order valence-corrected chi connectivity index (χ1v) is 9.27. The highest BCUT2D eigenvalue weighted by molar-refractivity contribution is 5.95. The lowest BCUT2D eigenvalue weighted by Crippen LogP contribution is -2.29. The number of carbonyl (C=O) groups is 2. The van der Waals surface area contributed by atoms with E-state index < -0.39 is 12.6 Å². The third-order valence-corrected chi connectivity index (χ3v) is 4.60. The van der Waals surface area contributed by atoms with E-state index in [0.29, 0.717) is 23.7 Å². The zero-order chi connectivity index (χ0) is 21.0. The van der Waals surface area contributed by atoms with E-state index in [9.17, 15) is 9.59 Å². The third-order valence-electron chi connectivity index (χ3n) is 4.60. The van der Waals surface area contributed by atoms with Gasteiger partial charge in [0.15, 0.2) is 18.1 Å². The van der Waals surface area contributed by atoms with Gasteiger partial charge in [-0.15, -0.1) is 0 Å². The van der Waals surface area contributed by atoms with Gasteiger partial charge in [0.1, 0.15) is 11.3 Å². The molecule has 1 heterocycles. The molecule has 29 heavy (non-hydrogen) atoms. The van der Waals surface area contributed by atoms with E-state index in [4.69, 9.17) is 19.0 Å². The number of ether oxygens (including phenoxy) is 2. The lowest BCUT2D eigenvalue weighted by molar-refractivity contribution is -0.139. The molecule has 0 fully saturated rings. The summed E-state index contributed by atoms with van der Waals surface area (Å²) in [5, 5.41) is 9.78. The number of hydrogen-bond donors (Lipinski definition) is 1. The Morgan fingerprint density at radius 1 is 1.10 bits per heavy atom. The number of benzene rings is 2. The van der Waals surface area contributed by atoms with E-state index in [-0.39, 0.29) is 17.7 Å². The van der Waals surface area contributed by atoms with E-state index in [1.165, 1.54) is 0 Å². The molecule has 1 N–H and O–H groups in total. The van der Waals surface area contributed by atoms with Gasteiger partial charge in [0.25, 0.3) is 5.91 Å². The second kappa shape index (κ2) is 8.68. The minimum Gasteiger partial charge on any atom is -0.490 e. The molecule has 2 aromatic carbocycles. The first kappa shape index (κ1) is 20.3. The summed E-state index contributed by atoms with van der Waals surface area (Å²) in [5.74, 6) is -0.0210. The molecule has 1 unspecified atom stereocenters. The maximum Gasteiger partial charge on any atom is 0.341 e. The molecule has 152 valence electrons. The Morgan fingerprint density at radius 3 is 2.55 bits per heavy atom. The molecular weight excluding hydrogens is 374 g/mol. The summed E-state index contributed by atoms with van der Waals surface area (Å²) < 4.78 is 16.6. The topological polar surface area (TPSA) is 89.2 Å². The predicted molar refractivity (Wildman–Crippen MR) is 107 cm³/mol. The van der Waals surface area contributed by atoms with Gasteiger partial charge in [-0.1, -0.05) is 18.2 Å². The Bertz CT molecular complexity index is 992. The molecule has 1 atom stereocenters. The average Bonchev–Trinajstić information content (AvgIpc) is 3.15. The standard InChI is InChI=1S/C22H23NO6/c1-4-27-20-12-16(9-10-18(20)28-13-21(24)25)22(26)23(3)14(2)19-11-15-7-5-6-8-17(15)29-19/h5-12,14H,4,13H2,1-3H3,(H,24,25). The van der Waals surface area contributed by atoms with Gasteiger partial charge >= 0.3 is 5.97 Å². The molecular formula is C22H23NO6. The van der Waals surface area contributed by atoms with Crippen molar-refractivity contribution in [1.82, 2.24) is 4.90 Å². The number of carboxylic acids is 1. The van der Waals surface area contributed by atoms with Crippen LogP contribution in [0.15, 0.2) is 52.9 Å². The van der Waals surface area contributed by atoms with Crippen molar-refractivity contribution in [2.75, 3.05) is 20.3 Å². The Kier molecular flexibility index (Phi) is 6.07. The van der Waals surface area contributed by atoms with Crippen LogP contribution in [-0.4, -0.2) is 42.1 Å². The van der Waals surface area contributed by atoms with Gasteiger partial charge in [0.2, 0.25) is 0 Å². The number of furan rings is 1. The number of fused-ring (bicyclic) bond motifs is 1. The van der Waals surface area contributed by atoms with Crippen molar-refractivity contribution in [3.05, 3.63) is 59.9 Å². The van der Waals surface area contributed by atoms with Crippen LogP contribution >= 0.6 is 0 Å². The van der Waals surface area contributed by atoms with E-state index in [1.807, 2.05) is 37.3 Å². The summed E-state index contributed by atoms with van der Waals surface area (Å²) in [7, 11) is 1.70. The highest BCUT2D eigenvalue weighted by Crippen LogP contribution is 2.31. The highest BCUT2D eigenvalue weighted by atomic mass is 16.5. The van der Waals surface area contributed by atoms with Gasteiger partial charge in [0.05, 0.1) is 12.6 Å². The van der Waals surface area contributed by atoms with Crippen LogP contribution in [0, 0.1) is 0 Å². The van der Waals surface area contributed by atoms with Crippen molar-refractivity contribution >= 4 is 22.8 Å². The van der Waals surface area contributed by atoms with Gasteiger partial charge < -0.3 is 23.9 Å². The summed E-state index contributed by atoms with van der Waals surface area (Å²) in [6, 6.07) is 14.0. The second-order valence-corrected chi connectivity index (χ2v) is 6.56. The summed E-state index contributed by atoms with van der Waals surface area (Å²) in [4.78, 5) is 25.3. The quantitative estimate of drug-likeness (QED) is 0.615. The van der Waals surface area contributed by atoms with Crippen LogP contribution in [0.5, 0.6) is 11.5 Å². The number of aliphatic carboxylic acids is 1. The number of amides is 1. The molecule has 0 aliphatic rings. The molecule has 7 heteroatoms. The molecule has 0 spiro atoms. The van der Waals surface area contributed by atoms with Crippen LogP contribution in [0.4, 0.5) is 0 Å². The van der Waals surface area contributed by atoms with Gasteiger partial charge in [-0.05, 0) is 44.2 Å². The first-order chi connectivity index (χ1) is 13.9. The van der Waals surface area contributed by atoms with Crippen LogP contribution in [0.3, 0.4) is 0 Å². The molecule has 1 aromatic heterocycles. The predicted octanol–water partition coefficient (Wildman–Crippen LogP) is 4.13. The molecule has 7 nitrogen and oxygen atoms in total. The van der Waals surface area contributed by atoms with Gasteiger partial charge in [-0.2, -0.15) is 0 Å². The first-order valence-electron chi connectivity index (χ1n) is 9.27. The largest absolute Gasteiger partial charge is 0.490 e. The maximum atomic E-state index is 13.0. The molecule has 0 bridgehead atoms. The maximum absolute atomic E-state index is 13.0. The molecule has 3 aromatic rings. The summed E-state index contributed by atoms with van der Waals surface area (Å²) in [6.07, 6.45) is 0. The number of hydrogen-bond acceptors (Lipinski definition) is 5. The van der Waals surface area contributed by atoms with E-state index in [2.05, 4.69) is 0 Å². The Labute approximate surface area is 168 Å². The SMILES string of the molecule is CCOc1cc(C(=O)N(C)C(C)c2cc3ccccc3o2)ccc1OCC(=O)O. The van der Waals surface area contributed by atoms with Gasteiger partial charge in [-0.3, -0.25) is 4.79 Å². The zero-order valence-corrected chi connectivity index (χ0v) is 16.5. The number of para-hydroxylation sites is 1. The Morgan fingerprint density at radius 2 is 1.86 bits per heavy atom. The van der Waals surface area contributed by atoms with Crippen molar-refractivity contribution < 1.29 is 28.6 Å². The smallest absolute Gasteiger partial charge is 0.341 e. The Balaban J connectivity index is 1.82. The fourth-order valence-electron chi connectivity index (χ4n) is 2.95. The third kappa shape index (κ3) is 4.51. The number of carbonyl (C=O) groups excluding carboxylic acids is 1. The lowest BCUT2D eigenvalue weighted by atomic mass is 10.1. The summed E-state index contributed by atoms with van der Waals surface area (Å²) in [5.41, 5.74) is 1.18. The molecule has 0 radical (unpaired) electrons. The van der Waals surface area contributed by atoms with E-state index in [1.54, 1.807) is 37.1 Å². The second-order valence-electron chi connectivity index (χ2n) is 6.56. The van der Waals surface area contributed by atoms with Crippen LogP contribution in [-0.2, 0) is 4.79 Å². The Hall–Kier alpha value is -3.48. The van der Waals surface area contributed by atoms with Crippen LogP contribution in [0.2, 0.25) is 0 Å². The van der Waals surface area contributed by atoms with Crippen molar-refractivity contribution in [2.45, 2.75) is 19.9 Å². The van der Waals surface area contributed by atoms with Crippen LogP contribution in [0.1, 0.15) is 36.0 Å². The molecule has 1 amide bonds. The minimum absolute atomic E-state index is 0.219. The van der Waals surface area contributed by atoms with Crippen LogP contribution in [0.25, 0.3) is 11.0 Å².